The largest absolute Gasteiger partial charge is 0.396 e. The van der Waals surface area contributed by atoms with E-state index in [-0.39, 0.29) is 42.9 Å². The molecule has 2 N–H and O–H groups in total. The Morgan fingerprint density at radius 3 is 2.65 bits per heavy atom. The number of anilines is 1. The summed E-state index contributed by atoms with van der Waals surface area (Å²) in [5, 5.41) is 14.2. The average Bonchev–Trinajstić information content (AvgIpc) is 3.85. The first-order valence-electron chi connectivity index (χ1n) is 15.3. The molecular formula is C34H32F2N6O3S. The van der Waals surface area contributed by atoms with E-state index in [4.69, 9.17) is 0 Å². The fourth-order valence-corrected chi connectivity index (χ4v) is 7.01. The number of nitrogens with one attached hydrogen (secondary N) is 1. The number of alkyl halides is 1. The number of fused-ring (bicyclic) bond motifs is 2. The maximum absolute atomic E-state index is 15.5. The van der Waals surface area contributed by atoms with Crippen molar-refractivity contribution in [2.24, 2.45) is 5.92 Å². The second kappa shape index (κ2) is 12.7. The molecule has 1 fully saturated rings. The second-order valence-corrected chi connectivity index (χ2v) is 12.9. The second-order valence-electron chi connectivity index (χ2n) is 12.0. The Bertz CT molecular complexity index is 1820. The van der Waals surface area contributed by atoms with Gasteiger partial charge < -0.3 is 14.6 Å². The Hall–Kier alpha value is -4.44. The predicted octanol–water partition coefficient (Wildman–Crippen LogP) is 4.31. The van der Waals surface area contributed by atoms with Crippen LogP contribution in [0.4, 0.5) is 13.9 Å². The number of halogens is 2. The first-order chi connectivity index (χ1) is 22.4. The Kier molecular flexibility index (Phi) is 8.38. The van der Waals surface area contributed by atoms with Crippen molar-refractivity contribution in [1.82, 2.24) is 24.3 Å². The lowest BCUT2D eigenvalue weighted by Gasteiger charge is -2.31. The maximum atomic E-state index is 15.5. The summed E-state index contributed by atoms with van der Waals surface area (Å²) in [6.07, 6.45) is 3.99. The van der Waals surface area contributed by atoms with Gasteiger partial charge in [-0.3, -0.25) is 19.8 Å². The van der Waals surface area contributed by atoms with Gasteiger partial charge in [-0.1, -0.05) is 24.0 Å². The third kappa shape index (κ3) is 6.06. The van der Waals surface area contributed by atoms with Gasteiger partial charge in [0.1, 0.15) is 12.0 Å². The van der Waals surface area contributed by atoms with Crippen molar-refractivity contribution < 1.29 is 23.5 Å². The number of carbonyl (C=O) groups excluding carboxylic acids is 2. The summed E-state index contributed by atoms with van der Waals surface area (Å²) in [5.74, 6) is 4.78. The number of amides is 2. The molecule has 2 atom stereocenters. The normalized spacial score (nSPS) is 18.6. The zero-order valence-corrected chi connectivity index (χ0v) is 25.8. The molecule has 9 nitrogen and oxygen atoms in total. The van der Waals surface area contributed by atoms with E-state index in [1.54, 1.807) is 22.2 Å². The number of aliphatic hydroxyl groups excluding tert-OH is 1. The van der Waals surface area contributed by atoms with E-state index < -0.39 is 29.8 Å². The molecule has 5 heterocycles. The van der Waals surface area contributed by atoms with Crippen LogP contribution in [0.5, 0.6) is 0 Å². The van der Waals surface area contributed by atoms with Gasteiger partial charge in [-0.05, 0) is 61.7 Å². The predicted molar refractivity (Wildman–Crippen MR) is 168 cm³/mol. The van der Waals surface area contributed by atoms with E-state index in [0.29, 0.717) is 22.3 Å². The zero-order valence-electron chi connectivity index (χ0n) is 25.0. The van der Waals surface area contributed by atoms with Gasteiger partial charge in [-0.25, -0.2) is 18.7 Å². The number of hydrogen-bond donors (Lipinski definition) is 2. The van der Waals surface area contributed by atoms with Crippen LogP contribution >= 0.6 is 11.3 Å². The van der Waals surface area contributed by atoms with Crippen LogP contribution in [-0.4, -0.2) is 67.1 Å². The lowest BCUT2D eigenvalue weighted by Crippen LogP contribution is -2.38. The van der Waals surface area contributed by atoms with Crippen molar-refractivity contribution in [2.75, 3.05) is 25.0 Å². The molecule has 0 saturated carbocycles. The summed E-state index contributed by atoms with van der Waals surface area (Å²) in [5.41, 5.74) is 3.39. The van der Waals surface area contributed by atoms with Crippen LogP contribution in [0.15, 0.2) is 54.3 Å². The minimum absolute atomic E-state index is 0.0731. The molecule has 236 valence electrons. The highest BCUT2D eigenvalue weighted by molar-refractivity contribution is 7.13. The quantitative estimate of drug-likeness (QED) is 0.292. The number of hydrogen-bond acceptors (Lipinski definition) is 7. The molecule has 0 spiro atoms. The van der Waals surface area contributed by atoms with Crippen molar-refractivity contribution in [1.29, 1.82) is 0 Å². The highest BCUT2D eigenvalue weighted by atomic mass is 32.1. The number of aromatic nitrogens is 3. The van der Waals surface area contributed by atoms with Gasteiger partial charge in [-0.15, -0.1) is 11.3 Å². The molecule has 1 unspecified atom stereocenters. The van der Waals surface area contributed by atoms with E-state index >= 15 is 4.39 Å². The van der Waals surface area contributed by atoms with Crippen LogP contribution in [0.2, 0.25) is 0 Å². The molecule has 2 aromatic heterocycles. The minimum atomic E-state index is -1.21. The topological polar surface area (TPSA) is 104 Å². The monoisotopic (exact) mass is 642 g/mol. The van der Waals surface area contributed by atoms with Gasteiger partial charge in [0.05, 0.1) is 25.1 Å². The molecule has 0 bridgehead atoms. The highest BCUT2D eigenvalue weighted by Gasteiger charge is 2.42. The Balaban J connectivity index is 1.10. The van der Waals surface area contributed by atoms with Crippen molar-refractivity contribution in [3.8, 4) is 11.8 Å². The molecule has 0 radical (unpaired) electrons. The number of nitrogens with zero attached hydrogens (tertiary/aromatic N) is 5. The molecule has 4 aromatic rings. The lowest BCUT2D eigenvalue weighted by molar-refractivity contribution is -0.121. The van der Waals surface area contributed by atoms with E-state index in [9.17, 15) is 19.1 Å². The number of benzene rings is 2. The van der Waals surface area contributed by atoms with E-state index in [1.165, 1.54) is 34.2 Å². The van der Waals surface area contributed by atoms with Gasteiger partial charge >= 0.3 is 0 Å². The number of imidazole rings is 1. The fourth-order valence-electron chi connectivity index (χ4n) is 6.48. The Labute approximate surface area is 268 Å². The molecule has 2 amide bonds. The van der Waals surface area contributed by atoms with Gasteiger partial charge in [0.15, 0.2) is 11.2 Å². The van der Waals surface area contributed by atoms with Gasteiger partial charge in [-0.2, -0.15) is 0 Å². The summed E-state index contributed by atoms with van der Waals surface area (Å²) in [6.45, 7) is 3.00. The van der Waals surface area contributed by atoms with Gasteiger partial charge in [0.25, 0.3) is 11.8 Å². The van der Waals surface area contributed by atoms with Crippen LogP contribution < -0.4 is 5.32 Å². The number of thiazole rings is 1. The SMILES string of the molecule is O=C(Nc1nccs1)C(c1ncn2c1C[C@@H](F)C2)N1Cc2c(F)cc(C#Cc3ccc(CN4CCC(CO)CC4)cc3)cc2C1=O. The van der Waals surface area contributed by atoms with Crippen molar-refractivity contribution in [2.45, 2.75) is 51.1 Å². The number of rotatable bonds is 7. The highest BCUT2D eigenvalue weighted by Crippen LogP contribution is 2.36. The number of carbonyl (C=O) groups is 2. The third-order valence-corrected chi connectivity index (χ3v) is 9.65. The molecule has 46 heavy (non-hydrogen) atoms. The van der Waals surface area contributed by atoms with Crippen molar-refractivity contribution >= 4 is 28.3 Å². The summed E-state index contributed by atoms with van der Waals surface area (Å²) in [7, 11) is 0. The fraction of sp³-hybridized carbons (Fsp3) is 0.353. The number of piperidine rings is 1. The molecule has 0 aliphatic carbocycles. The number of likely N-dealkylation sites (tertiary alicyclic amines) is 1. The van der Waals surface area contributed by atoms with E-state index in [2.05, 4.69) is 32.0 Å². The standard InChI is InChI=1S/C34H32F2N6O3S/c35-25-15-29-30(38-20-41(29)17-25)31(32(44)39-34-37-9-12-46-34)42-18-27-26(33(42)45)13-24(14-28(27)36)6-3-21-1-4-22(5-2-21)16-40-10-7-23(19-43)8-11-40/h1-2,4-5,9,12-14,20,23,25,31,43H,7-8,10-11,15-19H2,(H,37,39,44)/t25-,31?/m1/s1. The molecule has 7 rings (SSSR count). The van der Waals surface area contributed by atoms with Gasteiger partial charge in [0, 0.05) is 59.1 Å². The first kappa shape index (κ1) is 30.2. The molecule has 2 aromatic carbocycles. The first-order valence-corrected chi connectivity index (χ1v) is 16.2. The van der Waals surface area contributed by atoms with Crippen LogP contribution in [0.3, 0.4) is 0 Å². The molecule has 3 aliphatic rings. The van der Waals surface area contributed by atoms with Crippen LogP contribution in [0.25, 0.3) is 0 Å². The summed E-state index contributed by atoms with van der Waals surface area (Å²) < 4.78 is 31.4. The average molecular weight is 643 g/mol. The van der Waals surface area contributed by atoms with Crippen LogP contribution in [-0.2, 0) is 30.8 Å². The van der Waals surface area contributed by atoms with E-state index in [1.807, 2.05) is 24.3 Å². The summed E-state index contributed by atoms with van der Waals surface area (Å²) in [4.78, 5) is 39.6. The van der Waals surface area contributed by atoms with Crippen molar-refractivity contribution in [3.63, 3.8) is 0 Å². The third-order valence-electron chi connectivity index (χ3n) is 8.96. The molecular weight excluding hydrogens is 610 g/mol. The Morgan fingerprint density at radius 1 is 1.13 bits per heavy atom. The van der Waals surface area contributed by atoms with Crippen molar-refractivity contribution in [3.05, 3.63) is 99.3 Å². The lowest BCUT2D eigenvalue weighted by atomic mass is 9.97. The zero-order chi connectivity index (χ0) is 31.8. The van der Waals surface area contributed by atoms with Crippen LogP contribution in [0.1, 0.15) is 62.9 Å². The summed E-state index contributed by atoms with van der Waals surface area (Å²) >= 11 is 1.22. The summed E-state index contributed by atoms with van der Waals surface area (Å²) in [6, 6.07) is 9.57. The molecule has 1 saturated heterocycles. The van der Waals surface area contributed by atoms with Gasteiger partial charge in [0.2, 0.25) is 0 Å². The smallest absolute Gasteiger partial charge is 0.255 e. The minimum Gasteiger partial charge on any atom is -0.396 e. The number of aliphatic hydroxyl groups is 1. The Morgan fingerprint density at radius 2 is 1.91 bits per heavy atom. The molecule has 12 heteroatoms. The maximum Gasteiger partial charge on any atom is 0.255 e. The molecule has 3 aliphatic heterocycles. The van der Waals surface area contributed by atoms with Crippen LogP contribution in [0, 0.1) is 23.6 Å². The van der Waals surface area contributed by atoms with E-state index in [0.717, 1.165) is 38.0 Å².